The minimum absolute atomic E-state index is 0.106. The lowest BCUT2D eigenvalue weighted by Crippen LogP contribution is -2.24. The van der Waals surface area contributed by atoms with E-state index in [1.54, 1.807) is 0 Å². The number of hydrogen-bond donors (Lipinski definition) is 0. The minimum Gasteiger partial charge on any atom is -0.388 e. The van der Waals surface area contributed by atoms with E-state index in [1.807, 2.05) is 18.2 Å². The molecule has 2 nitrogen and oxygen atoms in total. The Bertz CT molecular complexity index is 473. The predicted molar refractivity (Wildman–Crippen MR) is 84.4 cm³/mol. The Morgan fingerprint density at radius 2 is 1.95 bits per heavy atom. The van der Waals surface area contributed by atoms with Crippen molar-refractivity contribution in [2.24, 2.45) is 5.16 Å². The largest absolute Gasteiger partial charge is 0.388 e. The maximum atomic E-state index is 5.50. The molecule has 0 spiro atoms. The van der Waals surface area contributed by atoms with Gasteiger partial charge in [0.1, 0.15) is 0 Å². The van der Waals surface area contributed by atoms with Gasteiger partial charge in [0, 0.05) is 6.42 Å². The molecular weight excluding hydrogens is 250 g/mol. The summed E-state index contributed by atoms with van der Waals surface area (Å²) in [5.74, 6) is 0. The van der Waals surface area contributed by atoms with E-state index in [1.165, 1.54) is 0 Å². The number of oxime groups is 1. The van der Waals surface area contributed by atoms with Gasteiger partial charge in [-0.05, 0) is 17.2 Å². The highest BCUT2D eigenvalue weighted by Crippen LogP contribution is 2.24. The Morgan fingerprint density at radius 3 is 2.58 bits per heavy atom. The van der Waals surface area contributed by atoms with E-state index in [4.69, 9.17) is 4.84 Å². The summed E-state index contributed by atoms with van der Waals surface area (Å²) in [5, 5.41) is 4.20. The molecule has 0 N–H and O–H groups in total. The predicted octanol–water partition coefficient (Wildman–Crippen LogP) is 4.46. The van der Waals surface area contributed by atoms with Crippen LogP contribution in [0.3, 0.4) is 0 Å². The summed E-state index contributed by atoms with van der Waals surface area (Å²) >= 11 is 0. The van der Waals surface area contributed by atoms with E-state index in [0.717, 1.165) is 17.7 Å². The number of hydrogen-bond acceptors (Lipinski definition) is 2. The average Bonchev–Trinajstić information content (AvgIpc) is 2.84. The monoisotopic (exact) mass is 273 g/mol. The van der Waals surface area contributed by atoms with E-state index >= 15 is 0 Å². The van der Waals surface area contributed by atoms with E-state index in [-0.39, 0.29) is 6.10 Å². The average molecular weight is 273 g/mol. The highest BCUT2D eigenvalue weighted by molar-refractivity contribution is 6.77. The van der Waals surface area contributed by atoms with Gasteiger partial charge in [-0.25, -0.2) is 0 Å². The molecule has 0 unspecified atom stereocenters. The molecule has 1 heterocycles. The molecular formula is C16H23NOSi. The fourth-order valence-electron chi connectivity index (χ4n) is 1.88. The van der Waals surface area contributed by atoms with Crippen LogP contribution < -0.4 is 0 Å². The van der Waals surface area contributed by atoms with Crippen LogP contribution in [0.5, 0.6) is 0 Å². The van der Waals surface area contributed by atoms with Gasteiger partial charge in [0.05, 0.1) is 13.8 Å². The van der Waals surface area contributed by atoms with Crippen LogP contribution in [0.1, 0.15) is 18.9 Å². The SMILES string of the molecule is C[C@@H](/C=C\[C@@H]1CC(c2ccccc2)=NO1)[Si](C)(C)C. The molecule has 19 heavy (non-hydrogen) atoms. The van der Waals surface area contributed by atoms with Crippen LogP contribution in [0, 0.1) is 0 Å². The van der Waals surface area contributed by atoms with Crippen molar-refractivity contribution in [2.45, 2.75) is 44.6 Å². The van der Waals surface area contributed by atoms with Crippen molar-refractivity contribution in [2.75, 3.05) is 0 Å². The molecule has 3 heteroatoms. The minimum atomic E-state index is -1.09. The maximum absolute atomic E-state index is 5.50. The van der Waals surface area contributed by atoms with Crippen LogP contribution in [0.15, 0.2) is 47.6 Å². The fourth-order valence-corrected chi connectivity index (χ4v) is 2.57. The molecule has 1 aliphatic rings. The molecule has 0 saturated heterocycles. The van der Waals surface area contributed by atoms with Crippen LogP contribution in [-0.4, -0.2) is 19.9 Å². The van der Waals surface area contributed by atoms with Crippen molar-refractivity contribution in [1.82, 2.24) is 0 Å². The van der Waals surface area contributed by atoms with Crippen molar-refractivity contribution in [3.8, 4) is 0 Å². The highest BCUT2D eigenvalue weighted by Gasteiger charge is 2.22. The van der Waals surface area contributed by atoms with E-state index < -0.39 is 8.07 Å². The first-order valence-electron chi connectivity index (χ1n) is 6.93. The Hall–Kier alpha value is -1.35. The zero-order valence-electron chi connectivity index (χ0n) is 12.3. The van der Waals surface area contributed by atoms with E-state index in [0.29, 0.717) is 5.54 Å². The zero-order valence-corrected chi connectivity index (χ0v) is 13.3. The van der Waals surface area contributed by atoms with Crippen LogP contribution in [0.4, 0.5) is 0 Å². The van der Waals surface area contributed by atoms with Gasteiger partial charge in [0.15, 0.2) is 6.10 Å². The van der Waals surface area contributed by atoms with Crippen LogP contribution in [0.25, 0.3) is 0 Å². The Morgan fingerprint density at radius 1 is 1.26 bits per heavy atom. The summed E-state index contributed by atoms with van der Waals surface area (Å²) < 4.78 is 0. The fraction of sp³-hybridized carbons (Fsp3) is 0.438. The summed E-state index contributed by atoms with van der Waals surface area (Å²) in [7, 11) is -1.09. The molecule has 0 aliphatic carbocycles. The molecule has 0 radical (unpaired) electrons. The summed E-state index contributed by atoms with van der Waals surface area (Å²) in [6.07, 6.45) is 5.47. The lowest BCUT2D eigenvalue weighted by atomic mass is 10.0. The molecule has 0 aromatic heterocycles. The number of rotatable bonds is 4. The third-order valence-electron chi connectivity index (χ3n) is 3.78. The van der Waals surface area contributed by atoms with Gasteiger partial charge in [-0.3, -0.25) is 0 Å². The van der Waals surface area contributed by atoms with Crippen LogP contribution in [0.2, 0.25) is 25.2 Å². The van der Waals surface area contributed by atoms with Gasteiger partial charge < -0.3 is 4.84 Å². The summed E-state index contributed by atoms with van der Waals surface area (Å²) in [6.45, 7) is 9.48. The quantitative estimate of drug-likeness (QED) is 0.586. The summed E-state index contributed by atoms with van der Waals surface area (Å²) in [6, 6.07) is 10.3. The molecule has 102 valence electrons. The molecule has 2 rings (SSSR count). The normalized spacial score (nSPS) is 21.3. The second-order valence-corrected chi connectivity index (χ2v) is 11.9. The third-order valence-corrected chi connectivity index (χ3v) is 6.70. The number of nitrogens with zero attached hydrogens (tertiary/aromatic N) is 1. The van der Waals surface area contributed by atoms with Gasteiger partial charge in [-0.15, -0.1) is 0 Å². The maximum Gasteiger partial charge on any atom is 0.151 e. The standard InChI is InChI=1S/C16H23NOSi/c1-13(19(2,3)4)10-11-15-12-16(17-18-15)14-8-6-5-7-9-14/h5-11,13,15H,12H2,1-4H3/b11-10-/t13-,15+/m0/s1. The Labute approximate surface area is 117 Å². The van der Waals surface area contributed by atoms with Crippen molar-refractivity contribution in [3.05, 3.63) is 48.0 Å². The van der Waals surface area contributed by atoms with Gasteiger partial charge >= 0.3 is 0 Å². The molecule has 2 atom stereocenters. The third kappa shape index (κ3) is 3.80. The van der Waals surface area contributed by atoms with Crippen molar-refractivity contribution in [1.29, 1.82) is 0 Å². The van der Waals surface area contributed by atoms with Gasteiger partial charge in [0.25, 0.3) is 0 Å². The van der Waals surface area contributed by atoms with Crippen LogP contribution in [-0.2, 0) is 4.84 Å². The van der Waals surface area contributed by atoms with Gasteiger partial charge in [-0.2, -0.15) is 0 Å². The number of allylic oxidation sites excluding steroid dienone is 1. The van der Waals surface area contributed by atoms with Gasteiger partial charge in [0.2, 0.25) is 0 Å². The molecule has 1 aromatic carbocycles. The second-order valence-electron chi connectivity index (χ2n) is 6.29. The zero-order chi connectivity index (χ0) is 13.9. The van der Waals surface area contributed by atoms with Gasteiger partial charge in [-0.1, -0.05) is 68.1 Å². The van der Waals surface area contributed by atoms with Crippen molar-refractivity contribution < 1.29 is 4.84 Å². The lowest BCUT2D eigenvalue weighted by molar-refractivity contribution is 0.119. The second kappa shape index (κ2) is 5.74. The smallest absolute Gasteiger partial charge is 0.151 e. The summed E-state index contributed by atoms with van der Waals surface area (Å²) in [5.41, 5.74) is 2.88. The lowest BCUT2D eigenvalue weighted by Gasteiger charge is -2.22. The molecule has 0 bridgehead atoms. The first kappa shape index (κ1) is 14.1. The van der Waals surface area contributed by atoms with Crippen molar-refractivity contribution in [3.63, 3.8) is 0 Å². The first-order valence-corrected chi connectivity index (χ1v) is 10.5. The molecule has 0 fully saturated rings. The Balaban J connectivity index is 1.93. The van der Waals surface area contributed by atoms with E-state index in [9.17, 15) is 0 Å². The highest BCUT2D eigenvalue weighted by atomic mass is 28.3. The molecule has 0 saturated carbocycles. The molecule has 1 aromatic rings. The first-order chi connectivity index (χ1) is 8.97. The van der Waals surface area contributed by atoms with Crippen molar-refractivity contribution >= 4 is 13.8 Å². The molecule has 0 amide bonds. The number of benzene rings is 1. The topological polar surface area (TPSA) is 21.6 Å². The molecule has 1 aliphatic heterocycles. The summed E-state index contributed by atoms with van der Waals surface area (Å²) in [4.78, 5) is 5.50. The Kier molecular flexibility index (Phi) is 4.25. The van der Waals surface area contributed by atoms with Crippen LogP contribution >= 0.6 is 0 Å². The van der Waals surface area contributed by atoms with E-state index in [2.05, 4.69) is 56.0 Å².